The highest BCUT2D eigenvalue weighted by Crippen LogP contribution is 2.44. The van der Waals surface area contributed by atoms with Crippen LogP contribution in [0, 0.1) is 0 Å². The highest BCUT2D eigenvalue weighted by atomic mass is 35.5. The van der Waals surface area contributed by atoms with E-state index in [1.807, 2.05) is 37.7 Å². The molecular formula is C24H33Cl2NS. The van der Waals surface area contributed by atoms with Gasteiger partial charge in [-0.2, -0.15) is 11.8 Å². The summed E-state index contributed by atoms with van der Waals surface area (Å²) in [5.74, 6) is 1.46. The topological polar surface area (TPSA) is 3.24 Å². The van der Waals surface area contributed by atoms with Crippen molar-refractivity contribution in [3.8, 4) is 0 Å². The fourth-order valence-electron chi connectivity index (χ4n) is 4.16. The predicted molar refractivity (Wildman–Crippen MR) is 128 cm³/mol. The van der Waals surface area contributed by atoms with Crippen molar-refractivity contribution in [2.45, 2.75) is 57.7 Å². The van der Waals surface area contributed by atoms with Gasteiger partial charge in [-0.1, -0.05) is 68.2 Å². The van der Waals surface area contributed by atoms with E-state index in [2.05, 4.69) is 49.4 Å². The van der Waals surface area contributed by atoms with Gasteiger partial charge in [0, 0.05) is 17.7 Å². The molecule has 1 aliphatic carbocycles. The molecule has 0 aliphatic heterocycles. The van der Waals surface area contributed by atoms with Crippen LogP contribution in [0.15, 0.2) is 36.4 Å². The summed E-state index contributed by atoms with van der Waals surface area (Å²) in [5, 5.41) is 1.28. The molecule has 0 heterocycles. The monoisotopic (exact) mass is 437 g/mol. The highest BCUT2D eigenvalue weighted by Gasteiger charge is 2.30. The van der Waals surface area contributed by atoms with Crippen LogP contribution in [0.25, 0.3) is 0 Å². The maximum absolute atomic E-state index is 6.30. The van der Waals surface area contributed by atoms with Gasteiger partial charge in [0.05, 0.1) is 10.0 Å². The molecule has 4 heteroatoms. The molecule has 2 aromatic rings. The van der Waals surface area contributed by atoms with Gasteiger partial charge in [-0.3, -0.25) is 4.90 Å². The molecule has 154 valence electrons. The molecule has 0 aromatic heterocycles. The Hall–Kier alpha value is -0.670. The van der Waals surface area contributed by atoms with Crippen LogP contribution in [0.1, 0.15) is 74.2 Å². The van der Waals surface area contributed by atoms with Gasteiger partial charge >= 0.3 is 0 Å². The molecule has 0 fully saturated rings. The second-order valence-corrected chi connectivity index (χ2v) is 8.88. The van der Waals surface area contributed by atoms with Crippen molar-refractivity contribution in [2.75, 3.05) is 19.8 Å². The smallest absolute Gasteiger partial charge is 0.0595 e. The fourth-order valence-corrected chi connectivity index (χ4v) is 4.98. The molecule has 3 rings (SSSR count). The third-order valence-corrected chi connectivity index (χ3v) is 6.74. The van der Waals surface area contributed by atoms with Crippen LogP contribution < -0.4 is 0 Å². The van der Waals surface area contributed by atoms with Gasteiger partial charge < -0.3 is 0 Å². The third-order valence-electron chi connectivity index (χ3n) is 5.38. The minimum atomic E-state index is 0.398. The lowest BCUT2D eigenvalue weighted by atomic mass is 9.76. The van der Waals surface area contributed by atoms with Crippen LogP contribution >= 0.6 is 35.0 Å². The zero-order valence-electron chi connectivity index (χ0n) is 17.8. The van der Waals surface area contributed by atoms with E-state index in [9.17, 15) is 0 Å². The Bertz CT molecular complexity index is 762. The zero-order chi connectivity index (χ0) is 20.7. The zero-order valence-corrected chi connectivity index (χ0v) is 20.1. The summed E-state index contributed by atoms with van der Waals surface area (Å²) < 4.78 is 0. The van der Waals surface area contributed by atoms with Crippen molar-refractivity contribution < 1.29 is 0 Å². The number of thioether (sulfide) groups is 1. The summed E-state index contributed by atoms with van der Waals surface area (Å²) >= 11 is 14.3. The first-order chi connectivity index (χ1) is 13.5. The van der Waals surface area contributed by atoms with Crippen molar-refractivity contribution in [3.63, 3.8) is 0 Å². The molecule has 0 amide bonds. The van der Waals surface area contributed by atoms with Gasteiger partial charge in [0.2, 0.25) is 0 Å². The minimum Gasteiger partial charge on any atom is -0.299 e. The second-order valence-electron chi connectivity index (χ2n) is 7.20. The minimum absolute atomic E-state index is 0.398. The summed E-state index contributed by atoms with van der Waals surface area (Å²) in [4.78, 5) is 2.52. The fraction of sp³-hybridized carbons (Fsp3) is 0.500. The molecule has 2 aromatic carbocycles. The Balaban J connectivity index is 0.00000136. The van der Waals surface area contributed by atoms with E-state index in [-0.39, 0.29) is 0 Å². The van der Waals surface area contributed by atoms with Crippen molar-refractivity contribution in [1.29, 1.82) is 0 Å². The van der Waals surface area contributed by atoms with Crippen molar-refractivity contribution in [1.82, 2.24) is 4.90 Å². The Kier molecular flexibility index (Phi) is 9.69. The van der Waals surface area contributed by atoms with E-state index in [0.717, 1.165) is 18.7 Å². The van der Waals surface area contributed by atoms with Crippen molar-refractivity contribution in [2.24, 2.45) is 0 Å². The van der Waals surface area contributed by atoms with Crippen molar-refractivity contribution >= 4 is 35.0 Å². The summed E-state index contributed by atoms with van der Waals surface area (Å²) in [5.41, 5.74) is 5.64. The number of nitrogens with zero attached hydrogens (tertiary/aromatic N) is 1. The van der Waals surface area contributed by atoms with Crippen LogP contribution in [0.2, 0.25) is 10.0 Å². The van der Waals surface area contributed by atoms with Gasteiger partial charge in [-0.25, -0.2) is 0 Å². The normalized spacial score (nSPS) is 18.4. The number of hydrogen-bond donors (Lipinski definition) is 0. The number of hydrogen-bond acceptors (Lipinski definition) is 2. The van der Waals surface area contributed by atoms with Crippen LogP contribution in [0.3, 0.4) is 0 Å². The molecule has 1 nitrogen and oxygen atoms in total. The van der Waals surface area contributed by atoms with Crippen LogP contribution in [0.4, 0.5) is 0 Å². The third kappa shape index (κ3) is 5.48. The quantitative estimate of drug-likeness (QED) is 0.447. The predicted octanol–water partition coefficient (Wildman–Crippen LogP) is 8.19. The lowest BCUT2D eigenvalue weighted by molar-refractivity contribution is 0.218. The molecule has 28 heavy (non-hydrogen) atoms. The molecule has 0 bridgehead atoms. The highest BCUT2D eigenvalue weighted by molar-refractivity contribution is 7.97. The molecule has 2 atom stereocenters. The Morgan fingerprint density at radius 3 is 2.39 bits per heavy atom. The first-order valence-corrected chi connectivity index (χ1v) is 12.5. The average molecular weight is 439 g/mol. The van der Waals surface area contributed by atoms with Gasteiger partial charge in [0.1, 0.15) is 0 Å². The number of rotatable bonds is 6. The lowest BCUT2D eigenvalue weighted by Gasteiger charge is -2.37. The Labute approximate surface area is 185 Å². The molecule has 1 aliphatic rings. The van der Waals surface area contributed by atoms with E-state index in [4.69, 9.17) is 23.2 Å². The van der Waals surface area contributed by atoms with E-state index in [1.165, 1.54) is 35.1 Å². The summed E-state index contributed by atoms with van der Waals surface area (Å²) in [7, 11) is 2.26. The van der Waals surface area contributed by atoms with E-state index in [1.54, 1.807) is 0 Å². The Morgan fingerprint density at radius 2 is 1.75 bits per heavy atom. The molecule has 0 spiro atoms. The summed E-state index contributed by atoms with van der Waals surface area (Å²) in [6, 6.07) is 13.7. The van der Waals surface area contributed by atoms with Gasteiger partial charge in [0.15, 0.2) is 0 Å². The second kappa shape index (κ2) is 11.5. The Morgan fingerprint density at radius 1 is 1.00 bits per heavy atom. The maximum Gasteiger partial charge on any atom is 0.0595 e. The summed E-state index contributed by atoms with van der Waals surface area (Å²) in [6.45, 7) is 7.39. The van der Waals surface area contributed by atoms with Crippen LogP contribution in [-0.2, 0) is 5.75 Å². The first-order valence-electron chi connectivity index (χ1n) is 10.3. The lowest BCUT2D eigenvalue weighted by Crippen LogP contribution is -2.30. The molecule has 0 radical (unpaired) electrons. The van der Waals surface area contributed by atoms with E-state index in [0.29, 0.717) is 22.0 Å². The van der Waals surface area contributed by atoms with E-state index >= 15 is 0 Å². The number of fused-ring (bicyclic) bond motifs is 1. The SMILES string of the molecule is CC.CCCN(C)C1CCC(c2ccc(Cl)c(Cl)c2)c2ccc(CSC)cc21. The standard InChI is InChI=1S/C22H27Cl2NS.C2H6/c1-4-11-25(2)22-10-8-17(16-6-9-20(23)21(24)13-16)18-7-5-15(14-26-3)12-19(18)22;1-2/h5-7,9,12-13,17,22H,4,8,10-11,14H2,1-3H3;1-2H3. The maximum atomic E-state index is 6.30. The molecule has 0 saturated heterocycles. The molecule has 0 saturated carbocycles. The van der Waals surface area contributed by atoms with Crippen LogP contribution in [0.5, 0.6) is 0 Å². The summed E-state index contributed by atoms with van der Waals surface area (Å²) in [6.07, 6.45) is 5.67. The number of halogens is 2. The molecule has 2 unspecified atom stereocenters. The van der Waals surface area contributed by atoms with Crippen LogP contribution in [-0.4, -0.2) is 24.7 Å². The number of benzene rings is 2. The van der Waals surface area contributed by atoms with Gasteiger partial charge in [-0.15, -0.1) is 0 Å². The molecule has 0 N–H and O–H groups in total. The van der Waals surface area contributed by atoms with Gasteiger partial charge in [-0.05, 0) is 73.5 Å². The van der Waals surface area contributed by atoms with Crippen molar-refractivity contribution in [3.05, 3.63) is 68.7 Å². The van der Waals surface area contributed by atoms with E-state index < -0.39 is 0 Å². The molecular weight excluding hydrogens is 405 g/mol. The largest absolute Gasteiger partial charge is 0.299 e. The average Bonchev–Trinajstić information content (AvgIpc) is 2.71. The van der Waals surface area contributed by atoms with Gasteiger partial charge in [0.25, 0.3) is 0 Å². The first kappa shape index (κ1) is 23.6.